The minimum atomic E-state index is -0.230. The van der Waals surface area contributed by atoms with E-state index in [1.54, 1.807) is 0 Å². The van der Waals surface area contributed by atoms with E-state index in [0.29, 0.717) is 25.9 Å². The van der Waals surface area contributed by atoms with Crippen molar-refractivity contribution in [1.29, 1.82) is 0 Å². The van der Waals surface area contributed by atoms with Crippen LogP contribution in [0.25, 0.3) is 0 Å². The summed E-state index contributed by atoms with van der Waals surface area (Å²) in [7, 11) is 2.75. The molecule has 6 heteroatoms. The van der Waals surface area contributed by atoms with Crippen LogP contribution in [0.4, 0.5) is 0 Å². The van der Waals surface area contributed by atoms with Gasteiger partial charge in [0.2, 0.25) is 0 Å². The zero-order valence-electron chi connectivity index (χ0n) is 10.4. The average molecular weight is 310 g/mol. The fourth-order valence-electron chi connectivity index (χ4n) is 1.32. The van der Waals surface area contributed by atoms with Crippen LogP contribution in [0.3, 0.4) is 0 Å². The predicted molar refractivity (Wildman–Crippen MR) is 68.1 cm³/mol. The number of carbonyl (C=O) groups excluding carboxylic acids is 2. The van der Waals surface area contributed by atoms with Crippen molar-refractivity contribution in [3.63, 3.8) is 0 Å². The van der Waals surface area contributed by atoms with Crippen LogP contribution in [0.5, 0.6) is 0 Å². The molecule has 5 nitrogen and oxygen atoms in total. The van der Waals surface area contributed by atoms with Crippen LogP contribution in [0.15, 0.2) is 0 Å². The van der Waals surface area contributed by atoms with Gasteiger partial charge in [-0.3, -0.25) is 9.59 Å². The average Bonchev–Trinajstić information content (AvgIpc) is 2.36. The molecule has 0 aliphatic carbocycles. The smallest absolute Gasteiger partial charge is 0.306 e. The van der Waals surface area contributed by atoms with Gasteiger partial charge in [-0.25, -0.2) is 0 Å². The molecule has 0 aromatic carbocycles. The first-order chi connectivity index (χ1) is 8.13. The van der Waals surface area contributed by atoms with E-state index in [4.69, 9.17) is 0 Å². The maximum Gasteiger partial charge on any atom is 0.306 e. The second kappa shape index (κ2) is 10.5. The summed E-state index contributed by atoms with van der Waals surface area (Å²) in [5, 5.41) is 0.903. The second-order valence-corrected chi connectivity index (χ2v) is 4.33. The van der Waals surface area contributed by atoms with E-state index < -0.39 is 0 Å². The van der Waals surface area contributed by atoms with E-state index in [0.717, 1.165) is 18.3 Å². The molecular formula is C11H20BrNO4. The summed E-state index contributed by atoms with van der Waals surface area (Å²) < 4.78 is 9.17. The Morgan fingerprint density at radius 2 is 1.47 bits per heavy atom. The Hall–Kier alpha value is -0.620. The summed E-state index contributed by atoms with van der Waals surface area (Å²) in [6, 6.07) is 0. The fraction of sp³-hybridized carbons (Fsp3) is 0.818. The Kier molecular flexibility index (Phi) is 10.1. The number of ether oxygens (including phenoxy) is 2. The molecule has 0 atom stereocenters. The second-order valence-electron chi connectivity index (χ2n) is 3.54. The molecule has 0 saturated heterocycles. The molecule has 0 aliphatic heterocycles. The van der Waals surface area contributed by atoms with Crippen LogP contribution < -0.4 is 0 Å². The summed E-state index contributed by atoms with van der Waals surface area (Å²) >= 11 is 3.36. The molecule has 0 heterocycles. The highest BCUT2D eigenvalue weighted by atomic mass is 79.9. The highest BCUT2D eigenvalue weighted by molar-refractivity contribution is 9.09. The Morgan fingerprint density at radius 1 is 1.00 bits per heavy atom. The van der Waals surface area contributed by atoms with Gasteiger partial charge in [0.25, 0.3) is 0 Å². The standard InChI is InChI=1S/C11H20BrNO4/c1-16-10(14)4-8-13(7-3-6-12)9-5-11(15)17-2/h3-9H2,1-2H3. The summed E-state index contributed by atoms with van der Waals surface area (Å²) in [5.74, 6) is -0.459. The lowest BCUT2D eigenvalue weighted by Crippen LogP contribution is -2.30. The van der Waals surface area contributed by atoms with Crippen LogP contribution in [-0.4, -0.2) is 56.0 Å². The SMILES string of the molecule is COC(=O)CCN(CCCBr)CCC(=O)OC. The van der Waals surface area contributed by atoms with Gasteiger partial charge in [-0.05, 0) is 13.0 Å². The molecule has 0 spiro atoms. The lowest BCUT2D eigenvalue weighted by Gasteiger charge is -2.20. The first-order valence-corrected chi connectivity index (χ1v) is 6.68. The van der Waals surface area contributed by atoms with Crippen LogP contribution in [-0.2, 0) is 19.1 Å². The maximum absolute atomic E-state index is 11.0. The van der Waals surface area contributed by atoms with Crippen molar-refractivity contribution in [2.75, 3.05) is 39.2 Å². The molecule has 0 amide bonds. The van der Waals surface area contributed by atoms with Gasteiger partial charge in [0.1, 0.15) is 0 Å². The van der Waals surface area contributed by atoms with Crippen molar-refractivity contribution >= 4 is 27.9 Å². The van der Waals surface area contributed by atoms with Crippen molar-refractivity contribution in [2.45, 2.75) is 19.3 Å². The van der Waals surface area contributed by atoms with Crippen molar-refractivity contribution < 1.29 is 19.1 Å². The Balaban J connectivity index is 3.95. The number of esters is 2. The normalized spacial score (nSPS) is 10.4. The van der Waals surface area contributed by atoms with E-state index in [-0.39, 0.29) is 11.9 Å². The number of carbonyl (C=O) groups is 2. The molecule has 0 N–H and O–H groups in total. The van der Waals surface area contributed by atoms with Crippen LogP contribution >= 0.6 is 15.9 Å². The van der Waals surface area contributed by atoms with Gasteiger partial charge in [-0.1, -0.05) is 15.9 Å². The number of alkyl halides is 1. The predicted octanol–water partition coefficient (Wildman–Crippen LogP) is 1.20. The molecule has 0 radical (unpaired) electrons. The Morgan fingerprint density at radius 3 is 1.82 bits per heavy atom. The number of hydrogen-bond donors (Lipinski definition) is 0. The van der Waals surface area contributed by atoms with E-state index in [2.05, 4.69) is 30.3 Å². The summed E-state index contributed by atoms with van der Waals surface area (Å²) in [4.78, 5) is 24.1. The van der Waals surface area contributed by atoms with E-state index in [1.165, 1.54) is 14.2 Å². The first kappa shape index (κ1) is 16.4. The van der Waals surface area contributed by atoms with Gasteiger partial charge < -0.3 is 14.4 Å². The number of rotatable bonds is 9. The van der Waals surface area contributed by atoms with Gasteiger partial charge in [-0.15, -0.1) is 0 Å². The van der Waals surface area contributed by atoms with Gasteiger partial charge in [0.05, 0.1) is 27.1 Å². The monoisotopic (exact) mass is 309 g/mol. The third-order valence-electron chi connectivity index (χ3n) is 2.33. The first-order valence-electron chi connectivity index (χ1n) is 5.56. The zero-order valence-corrected chi connectivity index (χ0v) is 12.0. The molecule has 0 unspecified atom stereocenters. The molecule has 0 rings (SSSR count). The topological polar surface area (TPSA) is 55.8 Å². The number of methoxy groups -OCH3 is 2. The fourth-order valence-corrected chi connectivity index (χ4v) is 1.57. The van der Waals surface area contributed by atoms with Crippen LogP contribution in [0.2, 0.25) is 0 Å². The molecule has 0 aromatic rings. The molecule has 0 saturated carbocycles. The minimum Gasteiger partial charge on any atom is -0.469 e. The van der Waals surface area contributed by atoms with E-state index in [1.807, 2.05) is 0 Å². The van der Waals surface area contributed by atoms with Crippen molar-refractivity contribution in [1.82, 2.24) is 4.90 Å². The van der Waals surface area contributed by atoms with Crippen molar-refractivity contribution in [2.24, 2.45) is 0 Å². The van der Waals surface area contributed by atoms with Gasteiger partial charge in [0.15, 0.2) is 0 Å². The largest absolute Gasteiger partial charge is 0.469 e. The third kappa shape index (κ3) is 9.12. The quantitative estimate of drug-likeness (QED) is 0.473. The highest BCUT2D eigenvalue weighted by Gasteiger charge is 2.10. The molecular weight excluding hydrogens is 290 g/mol. The number of nitrogens with zero attached hydrogens (tertiary/aromatic N) is 1. The molecule has 100 valence electrons. The van der Waals surface area contributed by atoms with Crippen molar-refractivity contribution in [3.05, 3.63) is 0 Å². The van der Waals surface area contributed by atoms with E-state index in [9.17, 15) is 9.59 Å². The van der Waals surface area contributed by atoms with Gasteiger partial charge in [0, 0.05) is 18.4 Å². The van der Waals surface area contributed by atoms with E-state index >= 15 is 0 Å². The van der Waals surface area contributed by atoms with Crippen LogP contribution in [0.1, 0.15) is 19.3 Å². The minimum absolute atomic E-state index is 0.230. The van der Waals surface area contributed by atoms with Crippen molar-refractivity contribution in [3.8, 4) is 0 Å². The molecule has 0 fully saturated rings. The Labute approximate surface area is 111 Å². The lowest BCUT2D eigenvalue weighted by molar-refractivity contribution is -0.141. The summed E-state index contributed by atoms with van der Waals surface area (Å²) in [5.41, 5.74) is 0. The molecule has 17 heavy (non-hydrogen) atoms. The van der Waals surface area contributed by atoms with Gasteiger partial charge >= 0.3 is 11.9 Å². The van der Waals surface area contributed by atoms with Crippen LogP contribution in [0, 0.1) is 0 Å². The number of hydrogen-bond acceptors (Lipinski definition) is 5. The summed E-state index contributed by atoms with van der Waals surface area (Å²) in [6.45, 7) is 2.06. The third-order valence-corrected chi connectivity index (χ3v) is 2.89. The number of halogens is 1. The molecule has 0 bridgehead atoms. The maximum atomic E-state index is 11.0. The molecule has 0 aliphatic rings. The summed E-state index contributed by atoms with van der Waals surface area (Å²) in [6.07, 6.45) is 1.67. The Bertz CT molecular complexity index is 216. The highest BCUT2D eigenvalue weighted by Crippen LogP contribution is 2.00. The zero-order chi connectivity index (χ0) is 13.1. The molecule has 0 aromatic heterocycles. The van der Waals surface area contributed by atoms with Gasteiger partial charge in [-0.2, -0.15) is 0 Å². The lowest BCUT2D eigenvalue weighted by atomic mass is 10.3.